The first-order valence-electron chi connectivity index (χ1n) is 13.4. The highest BCUT2D eigenvalue weighted by Crippen LogP contribution is 2.34. The predicted octanol–water partition coefficient (Wildman–Crippen LogP) is 3.56. The van der Waals surface area contributed by atoms with Crippen molar-refractivity contribution < 1.29 is 29.6 Å². The lowest BCUT2D eigenvalue weighted by molar-refractivity contribution is -0.182. The van der Waals surface area contributed by atoms with Gasteiger partial charge in [0.25, 0.3) is 5.91 Å². The van der Waals surface area contributed by atoms with E-state index in [1.165, 1.54) is 6.07 Å². The topological polar surface area (TPSA) is 88.2 Å². The second-order valence-corrected chi connectivity index (χ2v) is 11.5. The summed E-state index contributed by atoms with van der Waals surface area (Å²) in [5.41, 5.74) is 1.51. The van der Waals surface area contributed by atoms with Crippen molar-refractivity contribution >= 4 is 17.7 Å². The van der Waals surface area contributed by atoms with Crippen molar-refractivity contribution in [3.05, 3.63) is 64.5 Å². The lowest BCUT2D eigenvalue weighted by Crippen LogP contribution is -2.56. The number of carbonyl (C=O) groups is 3. The van der Waals surface area contributed by atoms with Crippen LogP contribution in [0.3, 0.4) is 0 Å². The van der Waals surface area contributed by atoms with Crippen LogP contribution in [0.2, 0.25) is 0 Å². The standard InChI is InChI=1S/C29H34FN3O5/c1-28(2)16-32(17-29(3,4)38-28)13-18-8-9-19(22(30)12-18)15-37-24-7-5-6-20-21(24)14-33(27(20)36)23-10-11-25(34)31-26(23)35/h5-9,12,23H,10-11,13-17H2,1-4H3,(H,31,34,35)/t23-/m1/s1/i23D. The average molecular weight is 525 g/mol. The van der Waals surface area contributed by atoms with Crippen LogP contribution >= 0.6 is 0 Å². The minimum atomic E-state index is -1.88. The van der Waals surface area contributed by atoms with Gasteiger partial charge in [-0.2, -0.15) is 0 Å². The summed E-state index contributed by atoms with van der Waals surface area (Å²) in [6, 6.07) is 8.21. The number of benzene rings is 2. The molecule has 2 fully saturated rings. The summed E-state index contributed by atoms with van der Waals surface area (Å²) in [6.07, 6.45) is -0.0976. The maximum atomic E-state index is 15.1. The van der Waals surface area contributed by atoms with E-state index in [4.69, 9.17) is 10.8 Å². The van der Waals surface area contributed by atoms with E-state index in [2.05, 4.69) is 37.9 Å². The van der Waals surface area contributed by atoms with E-state index in [9.17, 15) is 14.4 Å². The molecular weight excluding hydrogens is 489 g/mol. The van der Waals surface area contributed by atoms with Crippen LogP contribution in [0.1, 0.15) is 69.0 Å². The van der Waals surface area contributed by atoms with E-state index >= 15 is 4.39 Å². The SMILES string of the molecule is [2H][C@@]1(N2Cc3c(OCc4ccc(CN5CC(C)(C)OC(C)(C)C5)cc4F)cccc3C2=O)CCC(=O)NC1=O. The van der Waals surface area contributed by atoms with Gasteiger partial charge in [-0.15, -0.1) is 0 Å². The molecule has 2 saturated heterocycles. The Hall–Kier alpha value is -3.30. The van der Waals surface area contributed by atoms with Crippen LogP contribution in [0.25, 0.3) is 0 Å². The molecule has 38 heavy (non-hydrogen) atoms. The Labute approximate surface area is 223 Å². The van der Waals surface area contributed by atoms with E-state index in [0.29, 0.717) is 29.0 Å². The second-order valence-electron chi connectivity index (χ2n) is 11.5. The largest absolute Gasteiger partial charge is 0.488 e. The van der Waals surface area contributed by atoms with Gasteiger partial charge in [0, 0.05) is 42.7 Å². The van der Waals surface area contributed by atoms with Crippen LogP contribution in [0, 0.1) is 5.82 Å². The zero-order chi connectivity index (χ0) is 28.2. The number of amides is 3. The molecule has 1 atom stereocenters. The molecule has 0 radical (unpaired) electrons. The van der Waals surface area contributed by atoms with E-state index in [1.807, 2.05) is 6.07 Å². The molecule has 0 bridgehead atoms. The lowest BCUT2D eigenvalue weighted by Gasteiger charge is -2.47. The fourth-order valence-electron chi connectivity index (χ4n) is 5.80. The summed E-state index contributed by atoms with van der Waals surface area (Å²) >= 11 is 0. The molecule has 3 amide bonds. The number of piperidine rings is 1. The molecule has 0 aromatic heterocycles. The van der Waals surface area contributed by atoms with Crippen LogP contribution in [0.5, 0.6) is 5.75 Å². The second kappa shape index (κ2) is 9.78. The Balaban J connectivity index is 1.27. The molecule has 9 heteroatoms. The smallest absolute Gasteiger partial charge is 0.255 e. The monoisotopic (exact) mass is 524 g/mol. The maximum absolute atomic E-state index is 15.1. The highest BCUT2D eigenvalue weighted by atomic mass is 19.1. The number of ether oxygens (including phenoxy) is 2. The third-order valence-electron chi connectivity index (χ3n) is 7.02. The normalized spacial score (nSPS) is 25.1. The third kappa shape index (κ3) is 5.44. The zero-order valence-corrected chi connectivity index (χ0v) is 22.2. The first kappa shape index (κ1) is 25.0. The minimum absolute atomic E-state index is 0.0108. The van der Waals surface area contributed by atoms with Crippen LogP contribution < -0.4 is 10.1 Å². The van der Waals surface area contributed by atoms with Crippen molar-refractivity contribution in [1.82, 2.24) is 15.1 Å². The lowest BCUT2D eigenvalue weighted by atomic mass is 9.98. The van der Waals surface area contributed by atoms with Gasteiger partial charge in [-0.05, 0) is 57.9 Å². The van der Waals surface area contributed by atoms with Crippen molar-refractivity contribution in [2.24, 2.45) is 0 Å². The molecule has 5 rings (SSSR count). The Morgan fingerprint density at radius 2 is 1.87 bits per heavy atom. The van der Waals surface area contributed by atoms with Crippen LogP contribution in [-0.2, 0) is 34.0 Å². The fourth-order valence-corrected chi connectivity index (χ4v) is 5.80. The number of rotatable bonds is 6. The average Bonchev–Trinajstić information content (AvgIpc) is 3.17. The van der Waals surface area contributed by atoms with Crippen molar-refractivity contribution in [3.8, 4) is 5.75 Å². The molecule has 3 aliphatic rings. The van der Waals surface area contributed by atoms with Gasteiger partial charge >= 0.3 is 0 Å². The Bertz CT molecular complexity index is 1330. The highest BCUT2D eigenvalue weighted by Gasteiger charge is 2.40. The number of morpholine rings is 1. The Kier molecular flexibility index (Phi) is 6.44. The molecule has 8 nitrogen and oxygen atoms in total. The van der Waals surface area contributed by atoms with Gasteiger partial charge in [0.2, 0.25) is 11.8 Å². The van der Waals surface area contributed by atoms with Gasteiger partial charge in [-0.25, -0.2) is 4.39 Å². The Morgan fingerprint density at radius 3 is 2.55 bits per heavy atom. The first-order valence-corrected chi connectivity index (χ1v) is 12.9. The minimum Gasteiger partial charge on any atom is -0.488 e. The molecule has 0 saturated carbocycles. The molecule has 0 spiro atoms. The summed E-state index contributed by atoms with van der Waals surface area (Å²) in [7, 11) is 0. The zero-order valence-electron chi connectivity index (χ0n) is 23.2. The quantitative estimate of drug-likeness (QED) is 0.582. The Morgan fingerprint density at radius 1 is 1.13 bits per heavy atom. The maximum Gasteiger partial charge on any atom is 0.255 e. The molecule has 3 heterocycles. The molecule has 0 aliphatic carbocycles. The number of nitrogens with zero attached hydrogens (tertiary/aromatic N) is 2. The van der Waals surface area contributed by atoms with Crippen molar-refractivity contribution in [3.63, 3.8) is 0 Å². The van der Waals surface area contributed by atoms with Crippen LogP contribution in [0.15, 0.2) is 36.4 Å². The molecule has 1 N–H and O–H groups in total. The number of fused-ring (bicyclic) bond motifs is 1. The number of carbonyl (C=O) groups excluding carboxylic acids is 3. The molecule has 2 aromatic carbocycles. The summed E-state index contributed by atoms with van der Waals surface area (Å²) in [5, 5.41) is 2.16. The van der Waals surface area contributed by atoms with Gasteiger partial charge in [0.05, 0.1) is 19.1 Å². The summed E-state index contributed by atoms with van der Waals surface area (Å²) in [6.45, 7) is 10.3. The first-order chi connectivity index (χ1) is 18.3. The fraction of sp³-hybridized carbons (Fsp3) is 0.483. The summed E-state index contributed by atoms with van der Waals surface area (Å²) in [4.78, 5) is 40.6. The van der Waals surface area contributed by atoms with Crippen LogP contribution in [-0.4, -0.2) is 57.8 Å². The highest BCUT2D eigenvalue weighted by molar-refractivity contribution is 6.05. The van der Waals surface area contributed by atoms with Crippen molar-refractivity contribution in [1.29, 1.82) is 0 Å². The van der Waals surface area contributed by atoms with Crippen LogP contribution in [0.4, 0.5) is 4.39 Å². The van der Waals surface area contributed by atoms with E-state index in [0.717, 1.165) is 23.6 Å². The number of halogens is 1. The van der Waals surface area contributed by atoms with Gasteiger partial charge < -0.3 is 14.4 Å². The molecule has 3 aliphatic heterocycles. The molecule has 2 aromatic rings. The number of nitrogens with one attached hydrogen (secondary N) is 1. The van der Waals surface area contributed by atoms with E-state index in [1.54, 1.807) is 24.3 Å². The van der Waals surface area contributed by atoms with Gasteiger partial charge in [-0.3, -0.25) is 24.6 Å². The predicted molar refractivity (Wildman–Crippen MR) is 138 cm³/mol. The van der Waals surface area contributed by atoms with Gasteiger partial charge in [-0.1, -0.05) is 18.2 Å². The van der Waals surface area contributed by atoms with Gasteiger partial charge in [0.15, 0.2) is 0 Å². The van der Waals surface area contributed by atoms with Crippen molar-refractivity contribution in [2.45, 2.75) is 77.5 Å². The number of hydrogen-bond acceptors (Lipinski definition) is 6. The van der Waals surface area contributed by atoms with E-state index < -0.39 is 23.7 Å². The number of hydrogen-bond donors (Lipinski definition) is 1. The number of imide groups is 1. The summed E-state index contributed by atoms with van der Waals surface area (Å²) in [5.74, 6) is -1.73. The third-order valence-corrected chi connectivity index (χ3v) is 7.02. The van der Waals surface area contributed by atoms with E-state index in [-0.39, 0.29) is 43.0 Å². The molecule has 202 valence electrons. The van der Waals surface area contributed by atoms with Crippen molar-refractivity contribution in [2.75, 3.05) is 13.1 Å². The van der Waals surface area contributed by atoms with Gasteiger partial charge in [0.1, 0.15) is 24.2 Å². The molecule has 0 unspecified atom stereocenters. The molecular formula is C29H34FN3O5. The summed E-state index contributed by atoms with van der Waals surface area (Å²) < 4.78 is 35.8.